The molecule has 0 spiro atoms. The average Bonchev–Trinajstić information content (AvgIpc) is 2.64. The summed E-state index contributed by atoms with van der Waals surface area (Å²) >= 11 is 3.39. The van der Waals surface area contributed by atoms with Crippen molar-refractivity contribution in [3.05, 3.63) is 34.3 Å². The Kier molecular flexibility index (Phi) is 3.62. The maximum Gasteiger partial charge on any atom is 0.248 e. The van der Waals surface area contributed by atoms with Gasteiger partial charge in [0.25, 0.3) is 0 Å². The van der Waals surface area contributed by atoms with Crippen LogP contribution < -0.4 is 0 Å². The van der Waals surface area contributed by atoms with E-state index >= 15 is 0 Å². The van der Waals surface area contributed by atoms with Crippen molar-refractivity contribution in [2.45, 2.75) is 26.8 Å². The van der Waals surface area contributed by atoms with E-state index in [2.05, 4.69) is 34.9 Å². The maximum absolute atomic E-state index is 11.8. The highest BCUT2D eigenvalue weighted by molar-refractivity contribution is 9.10. The molecular formula is C13H15BrN2O. The lowest BCUT2D eigenvalue weighted by Gasteiger charge is -2.11. The van der Waals surface area contributed by atoms with Crippen molar-refractivity contribution in [1.29, 1.82) is 0 Å². The minimum atomic E-state index is 0.0941. The molecule has 0 radical (unpaired) electrons. The summed E-state index contributed by atoms with van der Waals surface area (Å²) in [5.41, 5.74) is 2.07. The van der Waals surface area contributed by atoms with E-state index in [1.165, 1.54) is 0 Å². The third kappa shape index (κ3) is 2.94. The molecule has 0 saturated heterocycles. The molecule has 1 aromatic rings. The SMILES string of the molecule is CC(C)C1=NN(Cc2ccc(Br)cc2)C(=O)C1. The molecule has 0 N–H and O–H groups in total. The van der Waals surface area contributed by atoms with Crippen molar-refractivity contribution in [3.8, 4) is 0 Å². The molecule has 1 aliphatic heterocycles. The Morgan fingerprint density at radius 2 is 2.00 bits per heavy atom. The molecule has 1 amide bonds. The Morgan fingerprint density at radius 1 is 1.35 bits per heavy atom. The van der Waals surface area contributed by atoms with E-state index < -0.39 is 0 Å². The zero-order valence-electron chi connectivity index (χ0n) is 9.98. The number of amides is 1. The van der Waals surface area contributed by atoms with E-state index in [4.69, 9.17) is 0 Å². The molecule has 0 aliphatic carbocycles. The van der Waals surface area contributed by atoms with E-state index in [0.717, 1.165) is 15.7 Å². The number of carbonyl (C=O) groups is 1. The van der Waals surface area contributed by atoms with E-state index in [1.807, 2.05) is 24.3 Å². The first kappa shape index (κ1) is 12.3. The van der Waals surface area contributed by atoms with Gasteiger partial charge in [0.2, 0.25) is 5.91 Å². The molecule has 0 bridgehead atoms. The smallest absolute Gasteiger partial charge is 0.248 e. The lowest BCUT2D eigenvalue weighted by atomic mass is 10.1. The van der Waals surface area contributed by atoms with Crippen LogP contribution in [0.25, 0.3) is 0 Å². The topological polar surface area (TPSA) is 32.7 Å². The zero-order chi connectivity index (χ0) is 12.4. The van der Waals surface area contributed by atoms with Crippen LogP contribution in [0, 0.1) is 5.92 Å². The average molecular weight is 295 g/mol. The van der Waals surface area contributed by atoms with Crippen molar-refractivity contribution in [2.24, 2.45) is 11.0 Å². The highest BCUT2D eigenvalue weighted by Crippen LogP contribution is 2.18. The molecule has 1 heterocycles. The molecule has 0 unspecified atom stereocenters. The van der Waals surface area contributed by atoms with Gasteiger partial charge in [-0.1, -0.05) is 41.9 Å². The van der Waals surface area contributed by atoms with E-state index in [9.17, 15) is 4.79 Å². The first-order chi connectivity index (χ1) is 8.06. The van der Waals surface area contributed by atoms with Crippen LogP contribution in [0.2, 0.25) is 0 Å². The minimum Gasteiger partial charge on any atom is -0.273 e. The number of carbonyl (C=O) groups excluding carboxylic acids is 1. The van der Waals surface area contributed by atoms with Gasteiger partial charge < -0.3 is 0 Å². The fourth-order valence-corrected chi connectivity index (χ4v) is 1.96. The quantitative estimate of drug-likeness (QED) is 0.843. The molecule has 0 saturated carbocycles. The molecule has 3 nitrogen and oxygen atoms in total. The van der Waals surface area contributed by atoms with Gasteiger partial charge in [-0.15, -0.1) is 0 Å². The van der Waals surface area contributed by atoms with Crippen molar-refractivity contribution in [3.63, 3.8) is 0 Å². The summed E-state index contributed by atoms with van der Waals surface area (Å²) in [6.07, 6.45) is 0.466. The summed E-state index contributed by atoms with van der Waals surface area (Å²) in [5.74, 6) is 0.436. The zero-order valence-corrected chi connectivity index (χ0v) is 11.6. The van der Waals surface area contributed by atoms with Crippen molar-refractivity contribution >= 4 is 27.5 Å². The van der Waals surface area contributed by atoms with Gasteiger partial charge in [-0.05, 0) is 23.6 Å². The fourth-order valence-electron chi connectivity index (χ4n) is 1.70. The first-order valence-electron chi connectivity index (χ1n) is 5.68. The summed E-state index contributed by atoms with van der Waals surface area (Å²) in [7, 11) is 0. The van der Waals surface area contributed by atoms with Crippen LogP contribution in [-0.4, -0.2) is 16.6 Å². The predicted octanol–water partition coefficient (Wildman–Crippen LogP) is 3.19. The Labute approximate surface area is 110 Å². The van der Waals surface area contributed by atoms with Gasteiger partial charge >= 0.3 is 0 Å². The number of hydrogen-bond acceptors (Lipinski definition) is 2. The van der Waals surface area contributed by atoms with Crippen molar-refractivity contribution < 1.29 is 4.79 Å². The fraction of sp³-hybridized carbons (Fsp3) is 0.385. The van der Waals surface area contributed by atoms with Gasteiger partial charge in [-0.2, -0.15) is 5.10 Å². The van der Waals surface area contributed by atoms with Crippen LogP contribution in [0.15, 0.2) is 33.8 Å². The molecule has 0 atom stereocenters. The third-order valence-electron chi connectivity index (χ3n) is 2.78. The van der Waals surface area contributed by atoms with Gasteiger partial charge in [0.1, 0.15) is 0 Å². The standard InChI is InChI=1S/C13H15BrN2O/c1-9(2)12-7-13(17)16(15-12)8-10-3-5-11(14)6-4-10/h3-6,9H,7-8H2,1-2H3. The van der Waals surface area contributed by atoms with Gasteiger partial charge in [-0.25, -0.2) is 5.01 Å². The summed E-state index contributed by atoms with van der Waals surface area (Å²) in [6.45, 7) is 4.69. The largest absolute Gasteiger partial charge is 0.273 e. The normalized spacial score (nSPS) is 15.6. The van der Waals surface area contributed by atoms with Crippen LogP contribution in [0.4, 0.5) is 0 Å². The number of rotatable bonds is 3. The molecular weight excluding hydrogens is 280 g/mol. The van der Waals surface area contributed by atoms with Gasteiger partial charge in [-0.3, -0.25) is 4.79 Å². The molecule has 1 aliphatic rings. The Balaban J connectivity index is 2.09. The highest BCUT2D eigenvalue weighted by Gasteiger charge is 2.25. The number of hydrogen-bond donors (Lipinski definition) is 0. The number of nitrogens with zero attached hydrogens (tertiary/aromatic N) is 2. The number of halogens is 1. The molecule has 0 aromatic heterocycles. The number of hydrazone groups is 1. The number of benzene rings is 1. The first-order valence-corrected chi connectivity index (χ1v) is 6.47. The van der Waals surface area contributed by atoms with Crippen LogP contribution in [-0.2, 0) is 11.3 Å². The summed E-state index contributed by atoms with van der Waals surface area (Å²) in [6, 6.07) is 7.95. The lowest BCUT2D eigenvalue weighted by molar-refractivity contribution is -0.129. The van der Waals surface area contributed by atoms with E-state index in [0.29, 0.717) is 18.9 Å². The van der Waals surface area contributed by atoms with E-state index in [-0.39, 0.29) is 5.91 Å². The summed E-state index contributed by atoms with van der Waals surface area (Å²) in [5, 5.41) is 5.94. The Bertz CT molecular complexity index is 451. The predicted molar refractivity (Wildman–Crippen MR) is 71.6 cm³/mol. The van der Waals surface area contributed by atoms with Crippen molar-refractivity contribution in [2.75, 3.05) is 0 Å². The minimum absolute atomic E-state index is 0.0941. The molecule has 2 rings (SSSR count). The Morgan fingerprint density at radius 3 is 2.53 bits per heavy atom. The van der Waals surface area contributed by atoms with Crippen LogP contribution in [0.5, 0.6) is 0 Å². The molecule has 1 aromatic carbocycles. The highest BCUT2D eigenvalue weighted by atomic mass is 79.9. The second-order valence-electron chi connectivity index (χ2n) is 4.50. The van der Waals surface area contributed by atoms with Gasteiger partial charge in [0.15, 0.2) is 0 Å². The summed E-state index contributed by atoms with van der Waals surface area (Å²) in [4.78, 5) is 11.8. The monoisotopic (exact) mass is 294 g/mol. The molecule has 90 valence electrons. The molecule has 17 heavy (non-hydrogen) atoms. The van der Waals surface area contributed by atoms with Crippen LogP contribution in [0.3, 0.4) is 0 Å². The van der Waals surface area contributed by atoms with Gasteiger partial charge in [0, 0.05) is 4.47 Å². The second-order valence-corrected chi connectivity index (χ2v) is 5.42. The Hall–Kier alpha value is -1.16. The van der Waals surface area contributed by atoms with Crippen LogP contribution in [0.1, 0.15) is 25.8 Å². The second kappa shape index (κ2) is 5.00. The van der Waals surface area contributed by atoms with Gasteiger partial charge in [0.05, 0.1) is 18.7 Å². The molecule has 4 heteroatoms. The van der Waals surface area contributed by atoms with Crippen molar-refractivity contribution in [1.82, 2.24) is 5.01 Å². The van der Waals surface area contributed by atoms with Crippen LogP contribution >= 0.6 is 15.9 Å². The molecule has 0 fully saturated rings. The lowest BCUT2D eigenvalue weighted by Crippen LogP contribution is -2.20. The third-order valence-corrected chi connectivity index (χ3v) is 3.31. The summed E-state index contributed by atoms with van der Waals surface area (Å²) < 4.78 is 1.04. The van der Waals surface area contributed by atoms with E-state index in [1.54, 1.807) is 5.01 Å². The maximum atomic E-state index is 11.8.